The molecule has 0 radical (unpaired) electrons. The molecule has 2 rings (SSSR count). The number of ether oxygens (including phenoxy) is 1. The van der Waals surface area contributed by atoms with Gasteiger partial charge in [0.15, 0.2) is 0 Å². The highest BCUT2D eigenvalue weighted by molar-refractivity contribution is 9.13. The van der Waals surface area contributed by atoms with E-state index in [9.17, 15) is 0 Å². The average Bonchev–Trinajstić information content (AvgIpc) is 2.68. The number of halogens is 2. The largest absolute Gasteiger partial charge is 0.381 e. The summed E-state index contributed by atoms with van der Waals surface area (Å²) in [7, 11) is 2.05. The van der Waals surface area contributed by atoms with Gasteiger partial charge in [0.05, 0.1) is 3.79 Å². The Morgan fingerprint density at radius 1 is 1.47 bits per heavy atom. The van der Waals surface area contributed by atoms with Crippen LogP contribution in [-0.4, -0.2) is 20.3 Å². The van der Waals surface area contributed by atoms with Crippen LogP contribution in [0.15, 0.2) is 14.3 Å². The molecule has 0 aliphatic carbocycles. The van der Waals surface area contributed by atoms with Gasteiger partial charge < -0.3 is 10.1 Å². The van der Waals surface area contributed by atoms with E-state index in [1.807, 2.05) is 18.4 Å². The van der Waals surface area contributed by atoms with Crippen molar-refractivity contribution in [2.45, 2.75) is 25.3 Å². The van der Waals surface area contributed by atoms with Crippen LogP contribution in [0.2, 0.25) is 0 Å². The lowest BCUT2D eigenvalue weighted by atomic mass is 9.92. The summed E-state index contributed by atoms with van der Waals surface area (Å²) in [6.45, 7) is 1.86. The lowest BCUT2D eigenvalue weighted by Crippen LogP contribution is -2.23. The summed E-state index contributed by atoms with van der Waals surface area (Å²) < 4.78 is 7.75. The predicted molar refractivity (Wildman–Crippen MR) is 79.7 cm³/mol. The molecular formula is C12H17Br2NOS. The first-order valence-corrected chi connectivity index (χ1v) is 8.30. The van der Waals surface area contributed by atoms with Crippen LogP contribution in [0.1, 0.15) is 30.2 Å². The van der Waals surface area contributed by atoms with E-state index < -0.39 is 0 Å². The van der Waals surface area contributed by atoms with Crippen molar-refractivity contribution in [1.29, 1.82) is 0 Å². The summed E-state index contributed by atoms with van der Waals surface area (Å²) in [5, 5.41) is 3.43. The number of hydrogen-bond donors (Lipinski definition) is 1. The van der Waals surface area contributed by atoms with Crippen molar-refractivity contribution >= 4 is 43.2 Å². The molecule has 1 N–H and O–H groups in total. The zero-order valence-electron chi connectivity index (χ0n) is 9.84. The number of rotatable bonds is 4. The fourth-order valence-corrected chi connectivity index (χ4v) is 4.44. The van der Waals surface area contributed by atoms with E-state index in [1.165, 1.54) is 27.9 Å². The molecule has 0 aromatic carbocycles. The second-order valence-electron chi connectivity index (χ2n) is 4.40. The molecule has 1 saturated heterocycles. The lowest BCUT2D eigenvalue weighted by molar-refractivity contribution is 0.0609. The van der Waals surface area contributed by atoms with Gasteiger partial charge >= 0.3 is 0 Å². The smallest absolute Gasteiger partial charge is 0.0843 e. The van der Waals surface area contributed by atoms with E-state index in [0.717, 1.165) is 23.6 Å². The molecule has 0 saturated carbocycles. The highest BCUT2D eigenvalue weighted by Gasteiger charge is 2.21. The molecule has 0 bridgehead atoms. The average molecular weight is 383 g/mol. The Labute approximate surface area is 123 Å². The molecule has 1 fully saturated rings. The molecule has 1 aromatic rings. The third kappa shape index (κ3) is 3.77. The van der Waals surface area contributed by atoms with Crippen LogP contribution in [0.3, 0.4) is 0 Å². The van der Waals surface area contributed by atoms with Gasteiger partial charge in [-0.25, -0.2) is 0 Å². The maximum Gasteiger partial charge on any atom is 0.0843 e. The van der Waals surface area contributed by atoms with E-state index in [1.54, 1.807) is 0 Å². The normalized spacial score (nSPS) is 19.5. The van der Waals surface area contributed by atoms with Crippen molar-refractivity contribution in [3.8, 4) is 0 Å². The van der Waals surface area contributed by atoms with Crippen molar-refractivity contribution in [3.05, 3.63) is 19.2 Å². The minimum atomic E-state index is 0.464. The monoisotopic (exact) mass is 381 g/mol. The first-order chi connectivity index (χ1) is 8.20. The van der Waals surface area contributed by atoms with Crippen LogP contribution < -0.4 is 5.32 Å². The maximum atomic E-state index is 5.41. The van der Waals surface area contributed by atoms with E-state index in [4.69, 9.17) is 4.74 Å². The molecule has 17 heavy (non-hydrogen) atoms. The standard InChI is InChI=1S/C12H17Br2NOS/c1-15-10(6-8-2-4-16-5-3-8)11-7-9(13)12(14)17-11/h7-8,10,15H,2-6H2,1H3. The van der Waals surface area contributed by atoms with Crippen LogP contribution >= 0.6 is 43.2 Å². The van der Waals surface area contributed by atoms with Gasteiger partial charge in [-0.3, -0.25) is 0 Å². The van der Waals surface area contributed by atoms with E-state index in [0.29, 0.717) is 6.04 Å². The molecule has 0 spiro atoms. The topological polar surface area (TPSA) is 21.3 Å². The zero-order chi connectivity index (χ0) is 12.3. The molecule has 1 atom stereocenters. The van der Waals surface area contributed by atoms with Crippen molar-refractivity contribution in [2.24, 2.45) is 5.92 Å². The highest BCUT2D eigenvalue weighted by atomic mass is 79.9. The third-order valence-electron chi connectivity index (χ3n) is 3.27. The predicted octanol–water partition coefficient (Wildman–Crippen LogP) is 4.35. The van der Waals surface area contributed by atoms with Gasteiger partial charge in [-0.05, 0) is 70.2 Å². The molecule has 0 amide bonds. The second kappa shape index (κ2) is 6.66. The second-order valence-corrected chi connectivity index (χ2v) is 7.66. The maximum absolute atomic E-state index is 5.41. The Hall–Kier alpha value is 0.580. The fourth-order valence-electron chi connectivity index (χ4n) is 2.23. The van der Waals surface area contributed by atoms with Gasteiger partial charge in [-0.2, -0.15) is 0 Å². The first kappa shape index (κ1) is 14.0. The van der Waals surface area contributed by atoms with Gasteiger partial charge in [0.1, 0.15) is 0 Å². The van der Waals surface area contributed by atoms with Gasteiger partial charge in [0.2, 0.25) is 0 Å². The Bertz CT molecular complexity index is 344. The molecule has 1 aromatic heterocycles. The summed E-state index contributed by atoms with van der Waals surface area (Å²) >= 11 is 8.93. The van der Waals surface area contributed by atoms with Crippen molar-refractivity contribution in [2.75, 3.05) is 20.3 Å². The summed E-state index contributed by atoms with van der Waals surface area (Å²) in [4.78, 5) is 1.40. The van der Waals surface area contributed by atoms with Gasteiger partial charge in [0.25, 0.3) is 0 Å². The van der Waals surface area contributed by atoms with Crippen LogP contribution in [0.4, 0.5) is 0 Å². The summed E-state index contributed by atoms with van der Waals surface area (Å²) in [6.07, 6.45) is 3.61. The van der Waals surface area contributed by atoms with Crippen LogP contribution in [-0.2, 0) is 4.74 Å². The van der Waals surface area contributed by atoms with Gasteiger partial charge in [0, 0.05) is 28.6 Å². The molecule has 5 heteroatoms. The van der Waals surface area contributed by atoms with Crippen molar-refractivity contribution < 1.29 is 4.74 Å². The number of thiophene rings is 1. The molecule has 1 aliphatic rings. The first-order valence-electron chi connectivity index (χ1n) is 5.90. The van der Waals surface area contributed by atoms with E-state index in [2.05, 4.69) is 43.2 Å². The van der Waals surface area contributed by atoms with Crippen LogP contribution in [0.5, 0.6) is 0 Å². The summed E-state index contributed by atoms with van der Waals surface area (Å²) in [6, 6.07) is 2.68. The Morgan fingerprint density at radius 3 is 2.71 bits per heavy atom. The van der Waals surface area contributed by atoms with E-state index >= 15 is 0 Å². The van der Waals surface area contributed by atoms with E-state index in [-0.39, 0.29) is 0 Å². The summed E-state index contributed by atoms with van der Waals surface area (Å²) in [5.41, 5.74) is 0. The van der Waals surface area contributed by atoms with Crippen molar-refractivity contribution in [3.63, 3.8) is 0 Å². The number of nitrogens with one attached hydrogen (secondary N) is 1. The Kier molecular flexibility index (Phi) is 5.49. The third-order valence-corrected chi connectivity index (χ3v) is 6.64. The van der Waals surface area contributed by atoms with Crippen molar-refractivity contribution in [1.82, 2.24) is 5.32 Å². The van der Waals surface area contributed by atoms with Crippen LogP contribution in [0.25, 0.3) is 0 Å². The van der Waals surface area contributed by atoms with Gasteiger partial charge in [-0.1, -0.05) is 0 Å². The fraction of sp³-hybridized carbons (Fsp3) is 0.667. The summed E-state index contributed by atoms with van der Waals surface area (Å²) in [5.74, 6) is 0.792. The molecule has 1 unspecified atom stereocenters. The lowest BCUT2D eigenvalue weighted by Gasteiger charge is -2.26. The molecule has 2 nitrogen and oxygen atoms in total. The molecule has 2 heterocycles. The highest BCUT2D eigenvalue weighted by Crippen LogP contribution is 2.38. The van der Waals surface area contributed by atoms with Crippen LogP contribution in [0, 0.1) is 5.92 Å². The Balaban J connectivity index is 2.00. The van der Waals surface area contributed by atoms with Gasteiger partial charge in [-0.15, -0.1) is 11.3 Å². The number of hydrogen-bond acceptors (Lipinski definition) is 3. The minimum absolute atomic E-state index is 0.464. The SMILES string of the molecule is CNC(CC1CCOCC1)c1cc(Br)c(Br)s1. The zero-order valence-corrected chi connectivity index (χ0v) is 13.8. The Morgan fingerprint density at radius 2 is 2.18 bits per heavy atom. The molecule has 1 aliphatic heterocycles. The quantitative estimate of drug-likeness (QED) is 0.835. The minimum Gasteiger partial charge on any atom is -0.381 e. The molecular weight excluding hydrogens is 366 g/mol. The molecule has 96 valence electrons.